The van der Waals surface area contributed by atoms with Crippen LogP contribution in [0.25, 0.3) is 0 Å². The van der Waals surface area contributed by atoms with Gasteiger partial charge in [0.15, 0.2) is 11.9 Å². The van der Waals surface area contributed by atoms with E-state index in [1.165, 1.54) is 9.80 Å². The number of nitrogens with zero attached hydrogens (tertiary/aromatic N) is 2. The standard InChI is InChI=1S/C12H19F4N5.ClH/c13-11(14)1-5-20(6-2-11)9(17)19-10(18)21-7-3-12(15,16)4-8-21;/h1-8H2,(H3,17,18,19);1H. The van der Waals surface area contributed by atoms with Gasteiger partial charge in [-0.25, -0.2) is 17.6 Å². The van der Waals surface area contributed by atoms with Gasteiger partial charge >= 0.3 is 0 Å². The second-order valence-electron chi connectivity index (χ2n) is 5.51. The molecule has 2 heterocycles. The minimum absolute atomic E-state index is 0. The summed E-state index contributed by atoms with van der Waals surface area (Å²) in [7, 11) is 0. The minimum atomic E-state index is -2.69. The lowest BCUT2D eigenvalue weighted by Gasteiger charge is -2.36. The quantitative estimate of drug-likeness (QED) is 0.358. The topological polar surface area (TPSA) is 66.2 Å². The van der Waals surface area contributed by atoms with E-state index in [1.807, 2.05) is 0 Å². The highest BCUT2D eigenvalue weighted by Crippen LogP contribution is 2.28. The van der Waals surface area contributed by atoms with Crippen LogP contribution in [0.3, 0.4) is 0 Å². The first-order valence-electron chi connectivity index (χ1n) is 6.88. The molecule has 0 atom stereocenters. The smallest absolute Gasteiger partial charge is 0.251 e. The van der Waals surface area contributed by atoms with Gasteiger partial charge in [0.1, 0.15) is 0 Å². The van der Waals surface area contributed by atoms with Crippen LogP contribution in [0.2, 0.25) is 0 Å². The van der Waals surface area contributed by atoms with Gasteiger partial charge in [-0.15, -0.1) is 12.4 Å². The summed E-state index contributed by atoms with van der Waals surface area (Å²) in [5.41, 5.74) is 0. The van der Waals surface area contributed by atoms with Crippen LogP contribution in [0.15, 0.2) is 0 Å². The molecule has 2 aliphatic heterocycles. The predicted octanol–water partition coefficient (Wildman–Crippen LogP) is 2.33. The normalized spacial score (nSPS) is 23.5. The first kappa shape index (κ1) is 18.8. The maximum absolute atomic E-state index is 13.0. The minimum Gasteiger partial charge on any atom is -0.342 e. The van der Waals surface area contributed by atoms with Gasteiger partial charge in [0.2, 0.25) is 0 Å². The molecule has 128 valence electrons. The number of guanidine groups is 2. The van der Waals surface area contributed by atoms with Crippen molar-refractivity contribution in [1.82, 2.24) is 15.1 Å². The van der Waals surface area contributed by atoms with Gasteiger partial charge in [0.25, 0.3) is 11.8 Å². The van der Waals surface area contributed by atoms with Crippen LogP contribution in [0.4, 0.5) is 17.6 Å². The van der Waals surface area contributed by atoms with Crippen molar-refractivity contribution in [3.05, 3.63) is 0 Å². The molecule has 0 aromatic carbocycles. The lowest BCUT2D eigenvalue weighted by atomic mass is 10.1. The average Bonchev–Trinajstić information content (AvgIpc) is 2.38. The van der Waals surface area contributed by atoms with Crippen LogP contribution in [0.5, 0.6) is 0 Å². The van der Waals surface area contributed by atoms with E-state index in [0.29, 0.717) is 0 Å². The molecule has 3 N–H and O–H groups in total. The Kier molecular flexibility index (Phi) is 5.89. The second kappa shape index (κ2) is 6.89. The number of likely N-dealkylation sites (tertiary alicyclic amines) is 2. The van der Waals surface area contributed by atoms with Crippen molar-refractivity contribution in [2.75, 3.05) is 26.2 Å². The highest BCUT2D eigenvalue weighted by Gasteiger charge is 2.36. The van der Waals surface area contributed by atoms with E-state index < -0.39 is 11.8 Å². The van der Waals surface area contributed by atoms with E-state index >= 15 is 0 Å². The Morgan fingerprint density at radius 3 is 1.27 bits per heavy atom. The zero-order valence-electron chi connectivity index (χ0n) is 12.0. The van der Waals surface area contributed by atoms with E-state index in [9.17, 15) is 17.6 Å². The Labute approximate surface area is 132 Å². The van der Waals surface area contributed by atoms with Crippen molar-refractivity contribution in [3.63, 3.8) is 0 Å². The molecule has 0 aromatic heterocycles. The van der Waals surface area contributed by atoms with Crippen molar-refractivity contribution in [2.24, 2.45) is 0 Å². The third-order valence-electron chi connectivity index (χ3n) is 3.86. The predicted molar refractivity (Wildman–Crippen MR) is 77.3 cm³/mol. The number of hydrogen-bond acceptors (Lipinski definition) is 2. The largest absolute Gasteiger partial charge is 0.342 e. The van der Waals surface area contributed by atoms with Crippen LogP contribution < -0.4 is 5.32 Å². The molecule has 0 unspecified atom stereocenters. The lowest BCUT2D eigenvalue weighted by molar-refractivity contribution is -0.0443. The number of hydrogen-bond donors (Lipinski definition) is 3. The summed E-state index contributed by atoms with van der Waals surface area (Å²) >= 11 is 0. The van der Waals surface area contributed by atoms with E-state index in [4.69, 9.17) is 10.8 Å². The summed E-state index contributed by atoms with van der Waals surface area (Å²) in [6.45, 7) is 0.183. The number of nitrogens with one attached hydrogen (secondary N) is 3. The van der Waals surface area contributed by atoms with Gasteiger partial charge in [0, 0.05) is 51.9 Å². The Morgan fingerprint density at radius 1 is 0.727 bits per heavy atom. The third-order valence-corrected chi connectivity index (χ3v) is 3.86. The SMILES string of the molecule is Cl.N=C(NC(=N)N1CCC(F)(F)CC1)N1CCC(F)(F)CC1. The third kappa shape index (κ3) is 4.89. The van der Waals surface area contributed by atoms with Crippen LogP contribution >= 0.6 is 12.4 Å². The lowest BCUT2D eigenvalue weighted by Crippen LogP contribution is -2.54. The summed E-state index contributed by atoms with van der Waals surface area (Å²) in [6, 6.07) is 0. The Morgan fingerprint density at radius 2 is 1.00 bits per heavy atom. The van der Waals surface area contributed by atoms with Gasteiger partial charge in [-0.05, 0) is 0 Å². The van der Waals surface area contributed by atoms with Crippen LogP contribution in [-0.2, 0) is 0 Å². The zero-order valence-corrected chi connectivity index (χ0v) is 12.8. The van der Waals surface area contributed by atoms with E-state index in [2.05, 4.69) is 5.32 Å². The number of piperidine rings is 2. The van der Waals surface area contributed by atoms with Gasteiger partial charge in [0.05, 0.1) is 0 Å². The first-order valence-corrected chi connectivity index (χ1v) is 6.88. The van der Waals surface area contributed by atoms with Gasteiger partial charge < -0.3 is 9.80 Å². The molecule has 10 heteroatoms. The molecule has 2 aliphatic rings. The molecule has 0 spiro atoms. The van der Waals surface area contributed by atoms with E-state index in [0.717, 1.165) is 0 Å². The van der Waals surface area contributed by atoms with Gasteiger partial charge in [-0.1, -0.05) is 0 Å². The first-order chi connectivity index (χ1) is 9.69. The Hall–Kier alpha value is -1.25. The maximum atomic E-state index is 13.0. The van der Waals surface area contributed by atoms with Crippen LogP contribution in [0, 0.1) is 10.8 Å². The van der Waals surface area contributed by atoms with Crippen molar-refractivity contribution in [3.8, 4) is 0 Å². The van der Waals surface area contributed by atoms with Crippen molar-refractivity contribution >= 4 is 24.3 Å². The fourth-order valence-electron chi connectivity index (χ4n) is 2.39. The summed E-state index contributed by atoms with van der Waals surface area (Å²) in [5.74, 6) is -5.65. The zero-order chi connectivity index (χ0) is 15.7. The summed E-state index contributed by atoms with van der Waals surface area (Å²) < 4.78 is 52.1. The highest BCUT2D eigenvalue weighted by atomic mass is 35.5. The van der Waals surface area contributed by atoms with Gasteiger partial charge in [-0.3, -0.25) is 16.1 Å². The Bertz CT molecular complexity index is 374. The van der Waals surface area contributed by atoms with Crippen molar-refractivity contribution < 1.29 is 17.6 Å². The molecule has 2 rings (SSSR count). The number of rotatable bonds is 0. The monoisotopic (exact) mass is 345 g/mol. The molecule has 0 amide bonds. The molecular formula is C12H20ClF4N5. The average molecular weight is 346 g/mol. The summed E-state index contributed by atoms with van der Waals surface area (Å²) in [6.07, 6.45) is -1.28. The van der Waals surface area contributed by atoms with Crippen molar-refractivity contribution in [2.45, 2.75) is 37.5 Å². The highest BCUT2D eigenvalue weighted by molar-refractivity contribution is 5.95. The molecule has 0 bridgehead atoms. The molecule has 22 heavy (non-hydrogen) atoms. The van der Waals surface area contributed by atoms with Gasteiger partial charge in [-0.2, -0.15) is 0 Å². The fraction of sp³-hybridized carbons (Fsp3) is 0.833. The second-order valence-corrected chi connectivity index (χ2v) is 5.51. The summed E-state index contributed by atoms with van der Waals surface area (Å²) in [4.78, 5) is 2.87. The van der Waals surface area contributed by atoms with Crippen molar-refractivity contribution in [1.29, 1.82) is 10.8 Å². The molecular weight excluding hydrogens is 326 g/mol. The van der Waals surface area contributed by atoms with E-state index in [-0.39, 0.29) is 76.2 Å². The van der Waals surface area contributed by atoms with Crippen LogP contribution in [-0.4, -0.2) is 59.7 Å². The number of halogens is 5. The Balaban J connectivity index is 0.00000242. The molecule has 0 aromatic rings. The summed E-state index contributed by atoms with van der Waals surface area (Å²) in [5, 5.41) is 18.1. The molecule has 2 fully saturated rings. The van der Waals surface area contributed by atoms with Crippen LogP contribution in [0.1, 0.15) is 25.7 Å². The molecule has 0 saturated carbocycles. The molecule has 2 saturated heterocycles. The fourth-order valence-corrected chi connectivity index (χ4v) is 2.39. The molecule has 0 radical (unpaired) electrons. The van der Waals surface area contributed by atoms with E-state index in [1.54, 1.807) is 0 Å². The number of alkyl halides is 4. The molecule has 0 aliphatic carbocycles. The maximum Gasteiger partial charge on any atom is 0.251 e. The molecule has 5 nitrogen and oxygen atoms in total.